The van der Waals surface area contributed by atoms with Crippen molar-refractivity contribution >= 4 is 11.7 Å². The van der Waals surface area contributed by atoms with E-state index in [0.717, 1.165) is 11.1 Å². The molecule has 1 saturated carbocycles. The van der Waals surface area contributed by atoms with E-state index in [9.17, 15) is 4.79 Å². The molecular weight excluding hydrogens is 264 g/mol. The number of aromatic nitrogens is 3. The van der Waals surface area contributed by atoms with E-state index in [1.807, 2.05) is 18.3 Å². The molecule has 5 nitrogen and oxygen atoms in total. The minimum Gasteiger partial charge on any atom is -0.310 e. The summed E-state index contributed by atoms with van der Waals surface area (Å²) in [6, 6.07) is 3.75. The molecule has 0 aliphatic heterocycles. The Hall–Kier alpha value is -2.17. The van der Waals surface area contributed by atoms with Crippen LogP contribution in [0.1, 0.15) is 27.7 Å². The van der Waals surface area contributed by atoms with E-state index >= 15 is 0 Å². The Balaban J connectivity index is 1.71. The van der Waals surface area contributed by atoms with Gasteiger partial charge in [-0.25, -0.2) is 4.98 Å². The first kappa shape index (κ1) is 13.8. The molecule has 0 spiro atoms. The first-order chi connectivity index (χ1) is 9.84. The number of pyridine rings is 1. The smallest absolute Gasteiger partial charge is 0.229 e. The summed E-state index contributed by atoms with van der Waals surface area (Å²) in [4.78, 5) is 16.7. The summed E-state index contributed by atoms with van der Waals surface area (Å²) in [6.07, 6.45) is 5.29. The fourth-order valence-corrected chi connectivity index (χ4v) is 3.10. The Labute approximate surface area is 124 Å². The van der Waals surface area contributed by atoms with Crippen LogP contribution in [0.25, 0.3) is 11.1 Å². The SMILES string of the molecule is CC1(C)C(C(=O)Nc2ccc(-c3cn[nH]c3)cn2)C1(C)C. The van der Waals surface area contributed by atoms with Gasteiger partial charge in [-0.3, -0.25) is 9.89 Å². The number of hydrogen-bond acceptors (Lipinski definition) is 3. The van der Waals surface area contributed by atoms with Crippen molar-refractivity contribution in [1.82, 2.24) is 15.2 Å². The second kappa shape index (κ2) is 4.41. The average molecular weight is 284 g/mol. The predicted octanol–water partition coefficient (Wildman–Crippen LogP) is 3.09. The van der Waals surface area contributed by atoms with Crippen molar-refractivity contribution in [3.05, 3.63) is 30.7 Å². The molecule has 1 fully saturated rings. The third kappa shape index (κ3) is 2.13. The van der Waals surface area contributed by atoms with Gasteiger partial charge < -0.3 is 5.32 Å². The molecule has 110 valence electrons. The third-order valence-electron chi connectivity index (χ3n) is 5.13. The van der Waals surface area contributed by atoms with Gasteiger partial charge in [0, 0.05) is 29.4 Å². The molecule has 5 heteroatoms. The maximum atomic E-state index is 12.4. The lowest BCUT2D eigenvalue weighted by molar-refractivity contribution is -0.118. The maximum Gasteiger partial charge on any atom is 0.229 e. The number of hydrogen-bond donors (Lipinski definition) is 2. The number of carbonyl (C=O) groups is 1. The molecule has 2 aromatic heterocycles. The largest absolute Gasteiger partial charge is 0.310 e. The van der Waals surface area contributed by atoms with Crippen LogP contribution in [0.2, 0.25) is 0 Å². The fourth-order valence-electron chi connectivity index (χ4n) is 3.10. The molecule has 0 atom stereocenters. The van der Waals surface area contributed by atoms with E-state index in [-0.39, 0.29) is 22.7 Å². The van der Waals surface area contributed by atoms with Crippen molar-refractivity contribution in [3.8, 4) is 11.1 Å². The quantitative estimate of drug-likeness (QED) is 0.909. The number of amides is 1. The van der Waals surface area contributed by atoms with E-state index in [4.69, 9.17) is 0 Å². The molecule has 0 saturated heterocycles. The number of anilines is 1. The minimum absolute atomic E-state index is 0.0281. The molecule has 1 aliphatic carbocycles. The van der Waals surface area contributed by atoms with Gasteiger partial charge in [-0.05, 0) is 23.0 Å². The summed E-state index contributed by atoms with van der Waals surface area (Å²) >= 11 is 0. The lowest BCUT2D eigenvalue weighted by Crippen LogP contribution is -2.18. The van der Waals surface area contributed by atoms with Crippen LogP contribution in [0.15, 0.2) is 30.7 Å². The van der Waals surface area contributed by atoms with Crippen LogP contribution in [0.4, 0.5) is 5.82 Å². The van der Waals surface area contributed by atoms with Gasteiger partial charge in [0.05, 0.1) is 6.20 Å². The van der Waals surface area contributed by atoms with Crippen LogP contribution in [0.5, 0.6) is 0 Å². The van der Waals surface area contributed by atoms with Gasteiger partial charge in [-0.1, -0.05) is 27.7 Å². The van der Waals surface area contributed by atoms with E-state index in [1.54, 1.807) is 12.4 Å². The Morgan fingerprint density at radius 2 is 1.86 bits per heavy atom. The standard InChI is InChI=1S/C16H20N4O/c1-15(2)13(16(15,3)4)14(21)20-12-6-5-10(7-17-12)11-8-18-19-9-11/h5-9,13H,1-4H3,(H,18,19)(H,17,20,21). The molecular formula is C16H20N4O. The average Bonchev–Trinajstić information content (AvgIpc) is 2.80. The van der Waals surface area contributed by atoms with Crippen molar-refractivity contribution in [2.75, 3.05) is 5.32 Å². The van der Waals surface area contributed by atoms with Gasteiger partial charge in [0.15, 0.2) is 0 Å². The van der Waals surface area contributed by atoms with Gasteiger partial charge in [-0.2, -0.15) is 5.10 Å². The highest BCUT2D eigenvalue weighted by molar-refractivity contribution is 5.95. The summed E-state index contributed by atoms with van der Waals surface area (Å²) in [5.74, 6) is 0.666. The van der Waals surface area contributed by atoms with Crippen molar-refractivity contribution in [1.29, 1.82) is 0 Å². The van der Waals surface area contributed by atoms with E-state index in [1.165, 1.54) is 0 Å². The Kier molecular flexibility index (Phi) is 2.90. The predicted molar refractivity (Wildman–Crippen MR) is 81.5 cm³/mol. The van der Waals surface area contributed by atoms with E-state index in [0.29, 0.717) is 5.82 Å². The highest BCUT2D eigenvalue weighted by Gasteiger charge is 2.68. The van der Waals surface area contributed by atoms with Gasteiger partial charge in [0.1, 0.15) is 5.82 Å². The first-order valence-corrected chi connectivity index (χ1v) is 7.10. The summed E-state index contributed by atoms with van der Waals surface area (Å²) in [5, 5.41) is 9.59. The van der Waals surface area contributed by atoms with Crippen LogP contribution in [-0.4, -0.2) is 21.1 Å². The Bertz CT molecular complexity index is 642. The molecule has 0 radical (unpaired) electrons. The number of carbonyl (C=O) groups excluding carboxylic acids is 1. The number of nitrogens with zero attached hydrogens (tertiary/aromatic N) is 2. The zero-order chi connectivity index (χ0) is 15.3. The summed E-state index contributed by atoms with van der Waals surface area (Å²) in [7, 11) is 0. The normalized spacial score (nSPS) is 19.2. The molecule has 0 aromatic carbocycles. The molecule has 3 rings (SSSR count). The molecule has 0 unspecified atom stereocenters. The highest BCUT2D eigenvalue weighted by Crippen LogP contribution is 2.68. The monoisotopic (exact) mass is 284 g/mol. The molecule has 2 N–H and O–H groups in total. The zero-order valence-electron chi connectivity index (χ0n) is 12.8. The fraction of sp³-hybridized carbons (Fsp3) is 0.438. The number of rotatable bonds is 3. The lowest BCUT2D eigenvalue weighted by atomic mass is 10.0. The third-order valence-corrected chi connectivity index (χ3v) is 5.13. The minimum atomic E-state index is 0.0281. The number of H-pyrrole nitrogens is 1. The Morgan fingerprint density at radius 1 is 1.14 bits per heavy atom. The van der Waals surface area contributed by atoms with Gasteiger partial charge in [0.25, 0.3) is 0 Å². The molecule has 2 aromatic rings. The van der Waals surface area contributed by atoms with Crippen LogP contribution >= 0.6 is 0 Å². The second-order valence-corrected chi connectivity index (χ2v) is 6.78. The van der Waals surface area contributed by atoms with Crippen LogP contribution < -0.4 is 5.32 Å². The van der Waals surface area contributed by atoms with Crippen LogP contribution in [0, 0.1) is 16.7 Å². The van der Waals surface area contributed by atoms with E-state index in [2.05, 4.69) is 48.2 Å². The molecule has 0 bridgehead atoms. The lowest BCUT2D eigenvalue weighted by Gasteiger charge is -2.06. The summed E-state index contributed by atoms with van der Waals surface area (Å²) in [5.41, 5.74) is 2.01. The topological polar surface area (TPSA) is 70.7 Å². The molecule has 21 heavy (non-hydrogen) atoms. The maximum absolute atomic E-state index is 12.4. The second-order valence-electron chi connectivity index (χ2n) is 6.78. The summed E-state index contributed by atoms with van der Waals surface area (Å²) in [6.45, 7) is 8.53. The Morgan fingerprint density at radius 3 is 2.33 bits per heavy atom. The van der Waals surface area contributed by atoms with Gasteiger partial charge in [0.2, 0.25) is 5.91 Å². The molecule has 1 aliphatic rings. The van der Waals surface area contributed by atoms with Crippen molar-refractivity contribution in [2.45, 2.75) is 27.7 Å². The van der Waals surface area contributed by atoms with E-state index < -0.39 is 0 Å². The van der Waals surface area contributed by atoms with Crippen molar-refractivity contribution in [3.63, 3.8) is 0 Å². The molecule has 1 amide bonds. The van der Waals surface area contributed by atoms with Crippen molar-refractivity contribution < 1.29 is 4.79 Å². The zero-order valence-corrected chi connectivity index (χ0v) is 12.8. The highest BCUT2D eigenvalue weighted by atomic mass is 16.2. The van der Waals surface area contributed by atoms with Crippen molar-refractivity contribution in [2.24, 2.45) is 16.7 Å². The number of aromatic amines is 1. The first-order valence-electron chi connectivity index (χ1n) is 7.10. The molecule has 2 heterocycles. The van der Waals surface area contributed by atoms with Gasteiger partial charge in [-0.15, -0.1) is 0 Å². The van der Waals surface area contributed by atoms with Crippen LogP contribution in [0.3, 0.4) is 0 Å². The number of nitrogens with one attached hydrogen (secondary N) is 2. The van der Waals surface area contributed by atoms with Gasteiger partial charge >= 0.3 is 0 Å². The summed E-state index contributed by atoms with van der Waals surface area (Å²) < 4.78 is 0. The van der Waals surface area contributed by atoms with Crippen LogP contribution in [-0.2, 0) is 4.79 Å².